The van der Waals surface area contributed by atoms with Crippen LogP contribution in [0.1, 0.15) is 192 Å². The third kappa shape index (κ3) is 30.8. The van der Waals surface area contributed by atoms with Crippen LogP contribution in [0.5, 0.6) is 0 Å². The van der Waals surface area contributed by atoms with Gasteiger partial charge in [0.1, 0.15) is 42.7 Å². The minimum absolute atomic E-state index is 0.0308. The summed E-state index contributed by atoms with van der Waals surface area (Å²) in [6, 6.07) is 0. The van der Waals surface area contributed by atoms with Crippen molar-refractivity contribution in [3.8, 4) is 0 Å². The zero-order valence-electron chi connectivity index (χ0n) is 43.8. The number of hydrogen-bond acceptors (Lipinski definition) is 11. The second-order valence-electron chi connectivity index (χ2n) is 21.1. The van der Waals surface area contributed by atoms with Gasteiger partial charge in [-0.15, -0.1) is 0 Å². The number of hydrogen-bond donors (Lipinski definition) is 7. The van der Waals surface area contributed by atoms with Gasteiger partial charge in [0.25, 0.3) is 0 Å². The first kappa shape index (κ1) is 63.5. The summed E-state index contributed by atoms with van der Waals surface area (Å²) in [5.74, 6) is 2.13. The smallest absolute Gasteiger partial charge is 0.390 e. The molecule has 0 bridgehead atoms. The van der Waals surface area contributed by atoms with Crippen molar-refractivity contribution in [1.82, 2.24) is 0 Å². The Hall–Kier alpha value is -1.51. The van der Waals surface area contributed by atoms with Crippen molar-refractivity contribution in [2.24, 2.45) is 17.8 Å². The number of allylic oxidation sites excluding steroid dienone is 9. The van der Waals surface area contributed by atoms with E-state index in [0.717, 1.165) is 81.6 Å². The van der Waals surface area contributed by atoms with Crippen LogP contribution in [0, 0.1) is 17.8 Å². The van der Waals surface area contributed by atoms with Crippen molar-refractivity contribution in [2.45, 2.75) is 240 Å². The van der Waals surface area contributed by atoms with E-state index in [2.05, 4.69) is 86.6 Å². The Morgan fingerprint density at radius 3 is 1.51 bits per heavy atom. The van der Waals surface area contributed by atoms with E-state index in [1.54, 1.807) is 0 Å². The van der Waals surface area contributed by atoms with Crippen LogP contribution in [-0.4, -0.2) is 110 Å². The fourth-order valence-electron chi connectivity index (χ4n) is 8.23. The lowest BCUT2D eigenvalue weighted by Crippen LogP contribution is -2.64. The lowest BCUT2D eigenvalue weighted by molar-refractivity contribution is -0.220. The molecule has 1 aliphatic carbocycles. The Morgan fingerprint density at radius 1 is 0.597 bits per heavy atom. The van der Waals surface area contributed by atoms with Crippen LogP contribution < -0.4 is 0 Å². The van der Waals surface area contributed by atoms with E-state index in [4.69, 9.17) is 18.5 Å². The molecule has 0 aromatic carbocycles. The highest BCUT2D eigenvalue weighted by Gasteiger charge is 2.51. The Labute approximate surface area is 407 Å². The molecule has 67 heavy (non-hydrogen) atoms. The van der Waals surface area contributed by atoms with Crippen LogP contribution in [0.25, 0.3) is 0 Å². The molecule has 0 saturated heterocycles. The summed E-state index contributed by atoms with van der Waals surface area (Å²) in [6.45, 7) is 23.8. The summed E-state index contributed by atoms with van der Waals surface area (Å²) in [7, 11) is -5.00. The lowest BCUT2D eigenvalue weighted by atomic mass is 9.85. The fourth-order valence-corrected chi connectivity index (χ4v) is 9.20. The predicted molar refractivity (Wildman–Crippen MR) is 273 cm³/mol. The third-order valence-electron chi connectivity index (χ3n) is 13.1. The molecule has 8 unspecified atom stereocenters. The maximum Gasteiger partial charge on any atom is 0.472 e. The Morgan fingerprint density at radius 2 is 1.03 bits per heavy atom. The largest absolute Gasteiger partial charge is 0.472 e. The van der Waals surface area contributed by atoms with E-state index < -0.39 is 62.8 Å². The quantitative estimate of drug-likeness (QED) is 0.0177. The second-order valence-corrected chi connectivity index (χ2v) is 22.5. The Balaban J connectivity index is 2.71. The molecule has 0 amide bonds. The molecule has 0 heterocycles. The van der Waals surface area contributed by atoms with Gasteiger partial charge in [-0.1, -0.05) is 137 Å². The van der Waals surface area contributed by atoms with E-state index in [9.17, 15) is 40.1 Å². The van der Waals surface area contributed by atoms with Crippen LogP contribution in [0.4, 0.5) is 0 Å². The lowest BCUT2D eigenvalue weighted by Gasteiger charge is -2.41. The molecule has 1 rings (SSSR count). The Kier molecular flexibility index (Phi) is 32.9. The minimum atomic E-state index is -5.00. The number of phosphoric acid groups is 1. The van der Waals surface area contributed by atoms with E-state index in [1.807, 2.05) is 19.9 Å². The van der Waals surface area contributed by atoms with Gasteiger partial charge in [0.05, 0.1) is 25.4 Å². The summed E-state index contributed by atoms with van der Waals surface area (Å²) in [6.07, 6.45) is 17.5. The molecule has 13 heteroatoms. The molecule has 9 atom stereocenters. The average Bonchev–Trinajstić information content (AvgIpc) is 3.23. The van der Waals surface area contributed by atoms with Crippen LogP contribution in [0.3, 0.4) is 0 Å². The molecule has 0 aromatic rings. The van der Waals surface area contributed by atoms with Crippen LogP contribution in [-0.2, 0) is 23.1 Å². The molecule has 7 N–H and O–H groups in total. The highest BCUT2D eigenvalue weighted by Crippen LogP contribution is 2.47. The van der Waals surface area contributed by atoms with E-state index >= 15 is 0 Å². The van der Waals surface area contributed by atoms with Gasteiger partial charge < -0.3 is 45.0 Å². The Bertz CT molecular complexity index is 1520. The molecular weight excluding hydrogens is 872 g/mol. The van der Waals surface area contributed by atoms with Crippen molar-refractivity contribution >= 4 is 7.82 Å². The fraction of sp³-hybridized carbons (Fsp3) is 0.815. The molecule has 1 fully saturated rings. The van der Waals surface area contributed by atoms with Gasteiger partial charge in [-0.2, -0.15) is 0 Å². The summed E-state index contributed by atoms with van der Waals surface area (Å²) >= 11 is 0. The predicted octanol–water partition coefficient (Wildman–Crippen LogP) is 11.2. The average molecular weight is 971 g/mol. The first-order chi connectivity index (χ1) is 31.4. The van der Waals surface area contributed by atoms with Gasteiger partial charge in [-0.25, -0.2) is 4.57 Å². The van der Waals surface area contributed by atoms with Gasteiger partial charge in [0, 0.05) is 6.61 Å². The molecule has 0 radical (unpaired) electrons. The number of phosphoric ester groups is 1. The molecular formula is C54H99O12P. The summed E-state index contributed by atoms with van der Waals surface area (Å²) < 4.78 is 35.2. The van der Waals surface area contributed by atoms with Crippen molar-refractivity contribution in [1.29, 1.82) is 0 Å². The summed E-state index contributed by atoms with van der Waals surface area (Å²) in [5.41, 5.74) is 5.77. The van der Waals surface area contributed by atoms with Gasteiger partial charge in [-0.05, 0) is 130 Å². The van der Waals surface area contributed by atoms with Gasteiger partial charge >= 0.3 is 7.82 Å². The molecule has 392 valence electrons. The van der Waals surface area contributed by atoms with E-state index in [-0.39, 0.29) is 19.8 Å². The highest BCUT2D eigenvalue weighted by molar-refractivity contribution is 7.47. The molecule has 0 aliphatic heterocycles. The second kappa shape index (κ2) is 34.8. The van der Waals surface area contributed by atoms with Gasteiger partial charge in [-0.3, -0.25) is 9.05 Å². The van der Waals surface area contributed by atoms with E-state index in [0.29, 0.717) is 18.8 Å². The number of aliphatic hydroxyl groups excluding tert-OH is 5. The minimum Gasteiger partial charge on any atom is -0.390 e. The number of ether oxygens (including phenoxy) is 2. The normalized spacial score (nSPS) is 24.3. The molecule has 0 aromatic heterocycles. The monoisotopic (exact) mass is 971 g/mol. The van der Waals surface area contributed by atoms with Crippen molar-refractivity contribution in [3.63, 3.8) is 0 Å². The van der Waals surface area contributed by atoms with Gasteiger partial charge in [0.15, 0.2) is 0 Å². The molecule has 12 nitrogen and oxygen atoms in total. The SMILES string of the molecule is CC(C)=CCC/C(C)=C/CC/C(C)=C/CC/C(C)=C/CC/C(C)=C/CO[C@H](COCCC(C)(O)CCCC(C)CCCC(C)CCCC(C)C)COP(=O)(O)OC1C(O)C(O)C(O)C(O)C1O. The first-order valence-corrected chi connectivity index (χ1v) is 27.2. The summed E-state index contributed by atoms with van der Waals surface area (Å²) in [5, 5.41) is 61.8. The molecule has 0 spiro atoms. The maximum atomic E-state index is 13.0. The number of rotatable bonds is 37. The van der Waals surface area contributed by atoms with E-state index in [1.165, 1.54) is 60.8 Å². The van der Waals surface area contributed by atoms with Crippen molar-refractivity contribution in [3.05, 3.63) is 58.2 Å². The zero-order chi connectivity index (χ0) is 50.6. The van der Waals surface area contributed by atoms with Crippen molar-refractivity contribution < 1.29 is 58.6 Å². The first-order valence-electron chi connectivity index (χ1n) is 25.7. The maximum absolute atomic E-state index is 13.0. The van der Waals surface area contributed by atoms with Gasteiger partial charge in [0.2, 0.25) is 0 Å². The summed E-state index contributed by atoms with van der Waals surface area (Å²) in [4.78, 5) is 10.5. The van der Waals surface area contributed by atoms with Crippen LogP contribution in [0.15, 0.2) is 58.2 Å². The third-order valence-corrected chi connectivity index (χ3v) is 14.1. The topological polar surface area (TPSA) is 196 Å². The number of aliphatic hydroxyl groups is 6. The van der Waals surface area contributed by atoms with Crippen molar-refractivity contribution in [2.75, 3.05) is 26.4 Å². The van der Waals surface area contributed by atoms with Crippen LogP contribution in [0.2, 0.25) is 0 Å². The highest BCUT2D eigenvalue weighted by atomic mass is 31.2. The zero-order valence-corrected chi connectivity index (χ0v) is 44.7. The molecule has 1 saturated carbocycles. The van der Waals surface area contributed by atoms with Crippen LogP contribution >= 0.6 is 7.82 Å². The standard InChI is InChI=1S/C54H99O12P/c1-39(2)19-12-21-41(5)23-14-25-43(7)26-15-27-44(8)28-17-30-46(10)32-35-64-47(38-65-67(61,62)66-53-51(58)49(56)48(55)50(57)52(53)59)37-63-36-34-54(11,60)33-18-31-45(9)29-16-24-42(6)22-13-20-40(3)4/h19,23,26,28,32,40,42,45,47-53,55-60H,12-18,20-22,24-25,27,29-31,33-38H2,1-11H3,(H,61,62)/b41-23+,43-26+,44-28+,46-32+/t42?,45?,47-,48?,49?,50?,51?,52?,53?,54?/m1/s1. The molecule has 1 aliphatic rings.